The van der Waals surface area contributed by atoms with Gasteiger partial charge >= 0.3 is 5.97 Å². The molecule has 16 heavy (non-hydrogen) atoms. The van der Waals surface area contributed by atoms with Gasteiger partial charge in [0.1, 0.15) is 0 Å². The zero-order valence-corrected chi connectivity index (χ0v) is 10.4. The van der Waals surface area contributed by atoms with Crippen LogP contribution in [0.25, 0.3) is 0 Å². The zero-order valence-electron chi connectivity index (χ0n) is 10.4. The van der Waals surface area contributed by atoms with Crippen LogP contribution in [0.5, 0.6) is 0 Å². The highest BCUT2D eigenvalue weighted by atomic mass is 16.4. The lowest BCUT2D eigenvalue weighted by molar-refractivity contribution is -0.143. The van der Waals surface area contributed by atoms with Gasteiger partial charge in [-0.05, 0) is 37.1 Å². The monoisotopic (exact) mass is 227 g/mol. The molecule has 0 aromatic carbocycles. The van der Waals surface area contributed by atoms with Gasteiger partial charge in [-0.3, -0.25) is 4.79 Å². The van der Waals surface area contributed by atoms with E-state index in [1.54, 1.807) is 0 Å². The summed E-state index contributed by atoms with van der Waals surface area (Å²) in [5.74, 6) is -0.130. The second-order valence-corrected chi connectivity index (χ2v) is 5.22. The van der Waals surface area contributed by atoms with Gasteiger partial charge in [0, 0.05) is 0 Å². The van der Waals surface area contributed by atoms with E-state index >= 15 is 0 Å². The number of aliphatic carboxylic acids is 1. The second kappa shape index (κ2) is 6.24. The highest BCUT2D eigenvalue weighted by Gasteiger charge is 2.46. The summed E-state index contributed by atoms with van der Waals surface area (Å²) < 4.78 is 0. The first-order valence-electron chi connectivity index (χ1n) is 6.56. The molecule has 0 unspecified atom stereocenters. The Balaban J connectivity index is 2.33. The van der Waals surface area contributed by atoms with Crippen molar-refractivity contribution in [1.82, 2.24) is 0 Å². The summed E-state index contributed by atoms with van der Waals surface area (Å²) in [5.41, 5.74) is 5.70. The van der Waals surface area contributed by atoms with E-state index in [0.29, 0.717) is 12.5 Å². The fourth-order valence-corrected chi connectivity index (χ4v) is 2.90. The Morgan fingerprint density at radius 2 is 2.19 bits per heavy atom. The normalized spacial score (nSPS) is 28.8. The SMILES string of the molecule is CCCCCC[C@@H]1CC[C@]1(CN)CC(=O)O. The third-order valence-electron chi connectivity index (χ3n) is 4.17. The molecule has 0 amide bonds. The summed E-state index contributed by atoms with van der Waals surface area (Å²) in [6.45, 7) is 2.75. The molecule has 0 aromatic rings. The van der Waals surface area contributed by atoms with Crippen molar-refractivity contribution in [3.63, 3.8) is 0 Å². The highest BCUT2D eigenvalue weighted by molar-refractivity contribution is 5.68. The molecular formula is C13H25NO2. The van der Waals surface area contributed by atoms with Crippen LogP contribution in [0.2, 0.25) is 0 Å². The molecule has 0 spiro atoms. The van der Waals surface area contributed by atoms with Gasteiger partial charge in [-0.25, -0.2) is 0 Å². The molecule has 1 fully saturated rings. The van der Waals surface area contributed by atoms with Gasteiger partial charge in [0.15, 0.2) is 0 Å². The van der Waals surface area contributed by atoms with E-state index in [-0.39, 0.29) is 11.8 Å². The van der Waals surface area contributed by atoms with E-state index in [2.05, 4.69) is 6.92 Å². The number of hydrogen-bond donors (Lipinski definition) is 2. The van der Waals surface area contributed by atoms with Crippen LogP contribution in [-0.4, -0.2) is 17.6 Å². The highest BCUT2D eigenvalue weighted by Crippen LogP contribution is 2.51. The van der Waals surface area contributed by atoms with Crippen LogP contribution in [0.3, 0.4) is 0 Å². The number of hydrogen-bond acceptors (Lipinski definition) is 2. The van der Waals surface area contributed by atoms with Crippen molar-refractivity contribution >= 4 is 5.97 Å². The van der Waals surface area contributed by atoms with Crippen molar-refractivity contribution in [2.75, 3.05) is 6.54 Å². The molecule has 0 bridgehead atoms. The summed E-state index contributed by atoms with van der Waals surface area (Å²) in [6, 6.07) is 0. The molecule has 0 aliphatic heterocycles. The fourth-order valence-electron chi connectivity index (χ4n) is 2.90. The van der Waals surface area contributed by atoms with Crippen LogP contribution in [0.4, 0.5) is 0 Å². The van der Waals surface area contributed by atoms with E-state index < -0.39 is 5.97 Å². The minimum absolute atomic E-state index is 0.0714. The van der Waals surface area contributed by atoms with E-state index in [0.717, 1.165) is 6.42 Å². The van der Waals surface area contributed by atoms with E-state index in [1.165, 1.54) is 38.5 Å². The fraction of sp³-hybridized carbons (Fsp3) is 0.923. The molecule has 0 radical (unpaired) electrons. The van der Waals surface area contributed by atoms with Crippen molar-refractivity contribution in [2.24, 2.45) is 17.1 Å². The molecule has 0 saturated heterocycles. The summed E-state index contributed by atoms with van der Waals surface area (Å²) in [4.78, 5) is 10.8. The zero-order chi connectivity index (χ0) is 12.0. The van der Waals surface area contributed by atoms with Gasteiger partial charge < -0.3 is 10.8 Å². The Bertz CT molecular complexity index is 226. The lowest BCUT2D eigenvalue weighted by Crippen LogP contribution is -2.47. The molecule has 2 atom stereocenters. The first kappa shape index (κ1) is 13.5. The van der Waals surface area contributed by atoms with E-state index in [9.17, 15) is 4.79 Å². The molecule has 94 valence electrons. The van der Waals surface area contributed by atoms with Crippen molar-refractivity contribution in [3.05, 3.63) is 0 Å². The van der Waals surface area contributed by atoms with Crippen LogP contribution >= 0.6 is 0 Å². The molecule has 0 heterocycles. The number of carboxylic acid groups (broad SMARTS) is 1. The molecule has 1 aliphatic carbocycles. The Labute approximate surface area is 98.4 Å². The van der Waals surface area contributed by atoms with Crippen LogP contribution in [0.1, 0.15) is 58.3 Å². The Kier molecular flexibility index (Phi) is 5.26. The molecule has 3 N–H and O–H groups in total. The number of carbonyl (C=O) groups is 1. The van der Waals surface area contributed by atoms with Gasteiger partial charge in [0.05, 0.1) is 6.42 Å². The quantitative estimate of drug-likeness (QED) is 0.627. The van der Waals surface area contributed by atoms with Gasteiger partial charge in [0.25, 0.3) is 0 Å². The first-order valence-corrected chi connectivity index (χ1v) is 6.56. The number of unbranched alkanes of at least 4 members (excludes halogenated alkanes) is 3. The standard InChI is InChI=1S/C13H25NO2/c1-2-3-4-5-6-11-7-8-13(11,10-14)9-12(15)16/h11H,2-10,14H2,1H3,(H,15,16)/t11-,13-/m1/s1. The first-order chi connectivity index (χ1) is 7.64. The largest absolute Gasteiger partial charge is 0.481 e. The predicted octanol–water partition coefficient (Wildman–Crippen LogP) is 2.79. The van der Waals surface area contributed by atoms with Crippen LogP contribution < -0.4 is 5.73 Å². The number of rotatable bonds is 8. The third-order valence-corrected chi connectivity index (χ3v) is 4.17. The minimum atomic E-state index is -0.691. The summed E-state index contributed by atoms with van der Waals surface area (Å²) in [6.07, 6.45) is 8.68. The molecule has 3 nitrogen and oxygen atoms in total. The summed E-state index contributed by atoms with van der Waals surface area (Å²) in [5, 5.41) is 8.92. The predicted molar refractivity (Wildman–Crippen MR) is 65.2 cm³/mol. The van der Waals surface area contributed by atoms with Crippen molar-refractivity contribution in [2.45, 2.75) is 58.3 Å². The number of nitrogens with two attached hydrogens (primary N) is 1. The van der Waals surface area contributed by atoms with E-state index in [1.807, 2.05) is 0 Å². The van der Waals surface area contributed by atoms with Gasteiger partial charge in [-0.1, -0.05) is 32.6 Å². The molecule has 0 aromatic heterocycles. The molecule has 1 saturated carbocycles. The van der Waals surface area contributed by atoms with Gasteiger partial charge in [-0.15, -0.1) is 0 Å². The lowest BCUT2D eigenvalue weighted by atomic mass is 9.57. The second-order valence-electron chi connectivity index (χ2n) is 5.22. The van der Waals surface area contributed by atoms with Gasteiger partial charge in [0.2, 0.25) is 0 Å². The molecule has 1 aliphatic rings. The van der Waals surface area contributed by atoms with Crippen molar-refractivity contribution < 1.29 is 9.90 Å². The maximum atomic E-state index is 10.8. The average Bonchev–Trinajstić information content (AvgIpc) is 2.23. The smallest absolute Gasteiger partial charge is 0.303 e. The summed E-state index contributed by atoms with van der Waals surface area (Å²) >= 11 is 0. The molecular weight excluding hydrogens is 202 g/mol. The minimum Gasteiger partial charge on any atom is -0.481 e. The van der Waals surface area contributed by atoms with Crippen molar-refractivity contribution in [1.29, 1.82) is 0 Å². The topological polar surface area (TPSA) is 63.3 Å². The van der Waals surface area contributed by atoms with Gasteiger partial charge in [-0.2, -0.15) is 0 Å². The third kappa shape index (κ3) is 3.21. The van der Waals surface area contributed by atoms with Crippen LogP contribution in [0.15, 0.2) is 0 Å². The van der Waals surface area contributed by atoms with Crippen LogP contribution in [-0.2, 0) is 4.79 Å². The average molecular weight is 227 g/mol. The Morgan fingerprint density at radius 1 is 1.44 bits per heavy atom. The number of carboxylic acids is 1. The maximum absolute atomic E-state index is 10.8. The van der Waals surface area contributed by atoms with E-state index in [4.69, 9.17) is 10.8 Å². The summed E-state index contributed by atoms with van der Waals surface area (Å²) in [7, 11) is 0. The molecule has 3 heteroatoms. The van der Waals surface area contributed by atoms with Crippen LogP contribution in [0, 0.1) is 11.3 Å². The van der Waals surface area contributed by atoms with Crippen molar-refractivity contribution in [3.8, 4) is 0 Å². The molecule has 1 rings (SSSR count). The lowest BCUT2D eigenvalue weighted by Gasteiger charge is -2.48. The Morgan fingerprint density at radius 3 is 2.62 bits per heavy atom. The Hall–Kier alpha value is -0.570. The maximum Gasteiger partial charge on any atom is 0.303 e.